The van der Waals surface area contributed by atoms with Crippen LogP contribution in [-0.2, 0) is 80.9 Å². The topological polar surface area (TPSA) is 736 Å². The summed E-state index contributed by atoms with van der Waals surface area (Å²) in [6.45, 7) is 0.315. The normalized spacial score (nSPS) is 13.2. The fraction of sp³-hybridized carbons (Fsp3) is 0.127. The van der Waals surface area contributed by atoms with E-state index in [1.54, 1.807) is 0 Å². The fourth-order valence-corrected chi connectivity index (χ4v) is 14.7. The van der Waals surface area contributed by atoms with Crippen LogP contribution in [0.25, 0.3) is 32.3 Å². The lowest BCUT2D eigenvalue weighted by Gasteiger charge is -2.15. The first-order chi connectivity index (χ1) is 49.9. The van der Waals surface area contributed by atoms with Gasteiger partial charge in [0.1, 0.15) is 76.6 Å². The van der Waals surface area contributed by atoms with Crippen molar-refractivity contribution in [2.45, 2.75) is 49.1 Å². The lowest BCUT2D eigenvalue weighted by atomic mass is 10.0. The minimum absolute atomic E-state index is 0.0604. The second kappa shape index (κ2) is 30.2. The molecule has 9 aromatic carbocycles. The van der Waals surface area contributed by atoms with Gasteiger partial charge >= 0.3 is 0 Å². The number of nitrogen functional groups attached to an aromatic ring is 1. The highest BCUT2D eigenvalue weighted by Gasteiger charge is 2.32. The Morgan fingerprint density at radius 2 is 0.907 bits per heavy atom. The van der Waals surface area contributed by atoms with Gasteiger partial charge in [0.15, 0.2) is 17.2 Å². The van der Waals surface area contributed by atoms with Gasteiger partial charge in [0.25, 0.3) is 86.6 Å². The van der Waals surface area contributed by atoms with E-state index in [-0.39, 0.29) is 45.6 Å². The molecule has 570 valence electrons. The Morgan fingerprint density at radius 1 is 0.426 bits per heavy atom. The number of phenolic OH excluding ortho intramolecular Hbond substituents is 3. The highest BCUT2D eigenvalue weighted by atomic mass is 32.2. The fourth-order valence-electron chi connectivity index (χ4n) is 9.82. The molecule has 45 nitrogen and oxygen atoms in total. The zero-order valence-corrected chi connectivity index (χ0v) is 59.8. The van der Waals surface area contributed by atoms with Crippen molar-refractivity contribution < 1.29 is 133 Å². The van der Waals surface area contributed by atoms with Crippen molar-refractivity contribution in [3.8, 4) is 28.7 Å². The van der Waals surface area contributed by atoms with E-state index in [4.69, 9.17) is 15.2 Å². The van der Waals surface area contributed by atoms with E-state index in [1.807, 2.05) is 0 Å². The quantitative estimate of drug-likeness (QED) is 0.00412. The van der Waals surface area contributed by atoms with Crippen LogP contribution in [0.1, 0.15) is 18.4 Å². The molecule has 108 heavy (non-hydrogen) atoms. The molecule has 0 aliphatic carbocycles. The number of nitro groups is 1. The number of benzene rings is 9. The van der Waals surface area contributed by atoms with Crippen molar-refractivity contribution in [2.75, 3.05) is 30.5 Å². The monoisotopic (exact) mass is 1660 g/mol. The molecule has 0 spiro atoms. The Bertz CT molecular complexity index is 6500. The number of nitrogens with zero attached hydrogens (tertiary/aromatic N) is 12. The number of rotatable bonds is 28. The maximum Gasteiger partial charge on any atom is 0.299 e. The summed E-state index contributed by atoms with van der Waals surface area (Å²) in [6.07, 6.45) is -0.782. The minimum Gasteiger partial charge on any atom is -0.507 e. The van der Waals surface area contributed by atoms with Crippen molar-refractivity contribution in [2.24, 2.45) is 56.3 Å². The third kappa shape index (κ3) is 18.8. The molecule has 0 radical (unpaired) electrons. The summed E-state index contributed by atoms with van der Waals surface area (Å²) in [6, 6.07) is 13.2. The lowest BCUT2D eigenvalue weighted by molar-refractivity contribution is -0.384. The average molecular weight is 1660 g/mol. The molecule has 0 saturated heterocycles. The standard InChI is InChI=1S/C55H45N13O32S8/c1-25-14-38(44(100-11-3-13-102(78,79)80)23-37(25)61-59-35-8-4-27(18-43(35)99-10-2-12-101(75,76)77)57-63-39-19-29(103(81,82)83)15-26-16-30(104(84,85)86)20-42(69)48(26)39)62-65-51-46(106(90,91)92)21-32-31(53(51)70)6-9-36(55(32)108(96,97)98)60-64-40-24-45(105(87,88)89)33-22-47(107(93,94)95)52(54(71)49(33)50(40)56)66-58-34-7-5-28(67-72)17-41(34)68(73)74/h4-9,14-24,69-71H,2-3,10-13,56H2,1H3,(H,75,76,77)(H,78,79,80)(H,81,82,83)(H,84,85,86)(H,87,88,89)(H,90,91,92)(H,93,94,95)(H,96,97,98)/b61-59-,63-57-,64-60?,65-62-,66-58-. The lowest BCUT2D eigenvalue weighted by Crippen LogP contribution is -2.08. The second-order valence-electron chi connectivity index (χ2n) is 22.0. The van der Waals surface area contributed by atoms with Gasteiger partial charge in [-0.2, -0.15) is 77.6 Å². The summed E-state index contributed by atoms with van der Waals surface area (Å²) in [5, 5.41) is 82.5. The van der Waals surface area contributed by atoms with Crippen molar-refractivity contribution in [3.63, 3.8) is 0 Å². The van der Waals surface area contributed by atoms with Crippen LogP contribution in [0.4, 0.5) is 73.9 Å². The minimum atomic E-state index is -5.81. The summed E-state index contributed by atoms with van der Waals surface area (Å²) >= 11 is 0. The largest absolute Gasteiger partial charge is 0.507 e. The molecule has 0 heterocycles. The first-order valence-electron chi connectivity index (χ1n) is 28.7. The molecule has 9 aromatic rings. The van der Waals surface area contributed by atoms with E-state index in [2.05, 4.69) is 56.3 Å². The molecule has 9 rings (SSSR count). The maximum atomic E-state index is 13.3. The molecule has 0 unspecified atom stereocenters. The van der Waals surface area contributed by atoms with Crippen LogP contribution in [0, 0.1) is 21.9 Å². The van der Waals surface area contributed by atoms with Gasteiger partial charge in [0, 0.05) is 40.4 Å². The number of nitroso groups, excluding NO2 is 1. The Balaban J connectivity index is 1.13. The molecular formula is C55H45N13O32S8. The van der Waals surface area contributed by atoms with Crippen LogP contribution >= 0.6 is 0 Å². The molecule has 0 aliphatic rings. The number of nitrogens with two attached hydrogens (primary N) is 1. The van der Waals surface area contributed by atoms with E-state index in [0.717, 1.165) is 54.6 Å². The number of anilines is 1. The number of ether oxygens (including phenoxy) is 2. The number of aryl methyl sites for hydroxylation is 1. The van der Waals surface area contributed by atoms with Crippen LogP contribution in [0.15, 0.2) is 189 Å². The van der Waals surface area contributed by atoms with Crippen molar-refractivity contribution in [1.29, 1.82) is 0 Å². The molecule has 0 aliphatic heterocycles. The van der Waals surface area contributed by atoms with Crippen LogP contribution in [-0.4, -0.2) is 149 Å². The summed E-state index contributed by atoms with van der Waals surface area (Å²) in [5.74, 6) is -6.11. The molecule has 13 N–H and O–H groups in total. The number of hydrogen-bond donors (Lipinski definition) is 12. The van der Waals surface area contributed by atoms with E-state index < -0.39 is 248 Å². The number of aromatic hydroxyl groups is 3. The maximum absolute atomic E-state index is 13.3. The molecule has 53 heteroatoms. The van der Waals surface area contributed by atoms with Gasteiger partial charge in [-0.25, -0.2) is 0 Å². The van der Waals surface area contributed by atoms with Gasteiger partial charge in [-0.1, -0.05) is 0 Å². The van der Waals surface area contributed by atoms with Crippen molar-refractivity contribution in [3.05, 3.63) is 124 Å². The highest BCUT2D eigenvalue weighted by Crippen LogP contribution is 2.51. The Labute approximate surface area is 605 Å². The van der Waals surface area contributed by atoms with Gasteiger partial charge in [-0.3, -0.25) is 46.5 Å². The van der Waals surface area contributed by atoms with Crippen molar-refractivity contribution in [1.82, 2.24) is 0 Å². The van der Waals surface area contributed by atoms with Gasteiger partial charge in [-0.05, 0) is 115 Å². The summed E-state index contributed by atoms with van der Waals surface area (Å²) in [4.78, 5) is 14.2. The van der Waals surface area contributed by atoms with Gasteiger partial charge in [0.2, 0.25) is 0 Å². The predicted molar refractivity (Wildman–Crippen MR) is 370 cm³/mol. The van der Waals surface area contributed by atoms with E-state index >= 15 is 0 Å². The second-order valence-corrected chi connectivity index (χ2v) is 33.5. The number of azo groups is 5. The van der Waals surface area contributed by atoms with E-state index in [1.165, 1.54) is 19.1 Å². The molecule has 0 bridgehead atoms. The van der Waals surface area contributed by atoms with Crippen LogP contribution in [0.3, 0.4) is 0 Å². The first-order valence-corrected chi connectivity index (χ1v) is 40.5. The smallest absolute Gasteiger partial charge is 0.299 e. The molecule has 0 amide bonds. The SMILES string of the molecule is Cc1cc(/N=N\c2c(S(=O)(=O)O)cc3c(S(=O)(=O)O)c(N=Nc4cc(S(=O)(=O)O)c5cc(S(=O)(=O)O)c(/N=N\c6ccc(N=O)cc6[N+](=O)[O-])c(O)c5c4N)ccc3c2O)c(OCCCS(=O)(=O)O)cc1/N=N\c1ccc(/N=N\c2cc(S(=O)(=O)O)cc3cc(S(=O)(=O)O)cc(O)c23)cc1OCCCS(=O)(=O)O. The first kappa shape index (κ1) is 80.9. The van der Waals surface area contributed by atoms with E-state index in [9.17, 15) is 134 Å². The summed E-state index contributed by atoms with van der Waals surface area (Å²) in [7, 11) is -42.1. The Hall–Kier alpha value is -11.2. The number of nitro benzene ring substituents is 1. The molecular weight excluding hydrogens is 1610 g/mol. The summed E-state index contributed by atoms with van der Waals surface area (Å²) < 4.78 is 291. The zero-order chi connectivity index (χ0) is 79.9. The van der Waals surface area contributed by atoms with Crippen LogP contribution in [0.2, 0.25) is 0 Å². The van der Waals surface area contributed by atoms with Crippen LogP contribution < -0.4 is 15.2 Å². The predicted octanol–water partition coefficient (Wildman–Crippen LogP) is 11.3. The van der Waals surface area contributed by atoms with Gasteiger partial charge in [-0.15, -0.1) is 45.8 Å². The van der Waals surface area contributed by atoms with Gasteiger partial charge < -0.3 is 30.5 Å². The van der Waals surface area contributed by atoms with Gasteiger partial charge in [0.05, 0.1) is 73.0 Å². The van der Waals surface area contributed by atoms with Crippen LogP contribution in [0.5, 0.6) is 28.7 Å². The highest BCUT2D eigenvalue weighted by molar-refractivity contribution is 7.87. The molecule has 0 saturated carbocycles. The third-order valence-electron chi connectivity index (χ3n) is 14.5. The average Bonchev–Trinajstić information content (AvgIpc) is 0.741. The molecule has 0 fully saturated rings. The molecule has 0 aromatic heterocycles. The zero-order valence-electron chi connectivity index (χ0n) is 53.3. The number of hydrogen-bond acceptors (Lipinski definition) is 36. The number of fused-ring (bicyclic) bond motifs is 3. The Morgan fingerprint density at radius 3 is 1.45 bits per heavy atom. The van der Waals surface area contributed by atoms with Crippen molar-refractivity contribution >= 4 is 187 Å². The summed E-state index contributed by atoms with van der Waals surface area (Å²) in [5.41, 5.74) is -2.84. The van der Waals surface area contributed by atoms with E-state index in [0.29, 0.717) is 36.4 Å². The molecule has 0 atom stereocenters. The Kier molecular flexibility index (Phi) is 22.7. The number of phenols is 3. The third-order valence-corrected chi connectivity index (χ3v) is 21.4.